The Morgan fingerprint density at radius 2 is 2.06 bits per heavy atom. The molecule has 18 heavy (non-hydrogen) atoms. The number of nitrogens with one attached hydrogen (secondary N) is 1. The molecule has 0 spiro atoms. The van der Waals surface area contributed by atoms with Crippen molar-refractivity contribution in [2.24, 2.45) is 0 Å². The highest BCUT2D eigenvalue weighted by Crippen LogP contribution is 2.32. The molecular formula is C13H15F3N2. The third-order valence-electron chi connectivity index (χ3n) is 2.55. The highest BCUT2D eigenvalue weighted by Gasteiger charge is 2.33. The predicted molar refractivity (Wildman–Crippen MR) is 62.8 cm³/mol. The van der Waals surface area contributed by atoms with Gasteiger partial charge in [0, 0.05) is 6.54 Å². The number of rotatable bonds is 5. The van der Waals surface area contributed by atoms with Gasteiger partial charge in [-0.15, -0.1) is 0 Å². The second-order valence-corrected chi connectivity index (χ2v) is 4.02. The molecule has 1 aromatic rings. The van der Waals surface area contributed by atoms with Crippen molar-refractivity contribution in [3.8, 4) is 6.07 Å². The van der Waals surface area contributed by atoms with Gasteiger partial charge in [-0.1, -0.05) is 19.4 Å². The fourth-order valence-corrected chi connectivity index (χ4v) is 1.58. The number of hydrogen-bond acceptors (Lipinski definition) is 2. The Balaban J connectivity index is 2.77. The highest BCUT2D eigenvalue weighted by atomic mass is 19.4. The van der Waals surface area contributed by atoms with E-state index in [1.165, 1.54) is 12.1 Å². The third kappa shape index (κ3) is 4.04. The number of unbranched alkanes of at least 4 members (excludes halogenated alkanes) is 1. The fourth-order valence-electron chi connectivity index (χ4n) is 1.58. The van der Waals surface area contributed by atoms with Crippen molar-refractivity contribution >= 4 is 0 Å². The van der Waals surface area contributed by atoms with E-state index in [0.717, 1.165) is 25.5 Å². The number of alkyl halides is 3. The van der Waals surface area contributed by atoms with Crippen molar-refractivity contribution in [1.29, 1.82) is 5.26 Å². The molecule has 0 bridgehead atoms. The summed E-state index contributed by atoms with van der Waals surface area (Å²) in [6.07, 6.45) is -2.39. The maximum Gasteiger partial charge on any atom is 0.417 e. The molecule has 0 unspecified atom stereocenters. The van der Waals surface area contributed by atoms with E-state index in [4.69, 9.17) is 5.26 Å². The lowest BCUT2D eigenvalue weighted by Crippen LogP contribution is -2.15. The van der Waals surface area contributed by atoms with Crippen LogP contribution in [0.3, 0.4) is 0 Å². The maximum atomic E-state index is 12.6. The lowest BCUT2D eigenvalue weighted by atomic mass is 10.0. The summed E-state index contributed by atoms with van der Waals surface area (Å²) in [5, 5.41) is 11.9. The largest absolute Gasteiger partial charge is 0.417 e. The summed E-state index contributed by atoms with van der Waals surface area (Å²) in [6, 6.07) is 5.26. The van der Waals surface area contributed by atoms with Crippen molar-refractivity contribution in [3.63, 3.8) is 0 Å². The van der Waals surface area contributed by atoms with Gasteiger partial charge in [-0.2, -0.15) is 18.4 Å². The molecule has 0 aliphatic rings. The van der Waals surface area contributed by atoms with E-state index in [-0.39, 0.29) is 5.56 Å². The van der Waals surface area contributed by atoms with Crippen LogP contribution in [0.1, 0.15) is 36.5 Å². The third-order valence-corrected chi connectivity index (χ3v) is 2.55. The van der Waals surface area contributed by atoms with Gasteiger partial charge in [0.05, 0.1) is 17.2 Å². The minimum atomic E-state index is -4.47. The number of hydrogen-bond donors (Lipinski definition) is 1. The Morgan fingerprint density at radius 1 is 1.33 bits per heavy atom. The number of benzene rings is 1. The summed E-state index contributed by atoms with van der Waals surface area (Å²) >= 11 is 0. The summed E-state index contributed by atoms with van der Waals surface area (Å²) in [5.41, 5.74) is -0.504. The first-order chi connectivity index (χ1) is 8.49. The van der Waals surface area contributed by atoms with Crippen LogP contribution in [0.5, 0.6) is 0 Å². The smallest absolute Gasteiger partial charge is 0.313 e. The Bertz CT molecular complexity index is 433. The first kappa shape index (κ1) is 14.5. The van der Waals surface area contributed by atoms with Crippen LogP contribution in [-0.4, -0.2) is 6.54 Å². The van der Waals surface area contributed by atoms with Gasteiger partial charge in [-0.25, -0.2) is 0 Å². The van der Waals surface area contributed by atoms with Crippen LogP contribution in [0.25, 0.3) is 0 Å². The summed E-state index contributed by atoms with van der Waals surface area (Å²) in [6.45, 7) is 3.36. The zero-order valence-corrected chi connectivity index (χ0v) is 10.1. The van der Waals surface area contributed by atoms with E-state index in [0.29, 0.717) is 12.1 Å². The normalized spacial score (nSPS) is 11.3. The van der Waals surface area contributed by atoms with E-state index in [1.54, 1.807) is 6.07 Å². The molecule has 2 nitrogen and oxygen atoms in total. The summed E-state index contributed by atoms with van der Waals surface area (Å²) in [7, 11) is 0. The number of nitrogens with zero attached hydrogens (tertiary/aromatic N) is 1. The van der Waals surface area contributed by atoms with Gasteiger partial charge in [-0.05, 0) is 30.7 Å². The average molecular weight is 256 g/mol. The molecule has 0 atom stereocenters. The van der Waals surface area contributed by atoms with Gasteiger partial charge >= 0.3 is 6.18 Å². The van der Waals surface area contributed by atoms with Crippen molar-refractivity contribution in [2.75, 3.05) is 6.54 Å². The number of nitriles is 1. The van der Waals surface area contributed by atoms with Crippen LogP contribution in [0.15, 0.2) is 18.2 Å². The first-order valence-electron chi connectivity index (χ1n) is 5.80. The minimum absolute atomic E-state index is 0.322. The van der Waals surface area contributed by atoms with E-state index in [9.17, 15) is 13.2 Å². The van der Waals surface area contributed by atoms with Gasteiger partial charge in [0.1, 0.15) is 0 Å². The Morgan fingerprint density at radius 3 is 2.61 bits per heavy atom. The predicted octanol–water partition coefficient (Wildman–Crippen LogP) is 3.47. The van der Waals surface area contributed by atoms with Crippen molar-refractivity contribution < 1.29 is 13.2 Å². The molecule has 0 radical (unpaired) electrons. The van der Waals surface area contributed by atoms with E-state index in [2.05, 4.69) is 12.2 Å². The lowest BCUT2D eigenvalue weighted by Gasteiger charge is -2.10. The Kier molecular flexibility index (Phi) is 5.17. The van der Waals surface area contributed by atoms with Crippen LogP contribution >= 0.6 is 0 Å². The summed E-state index contributed by atoms with van der Waals surface area (Å²) in [4.78, 5) is 0. The van der Waals surface area contributed by atoms with Gasteiger partial charge < -0.3 is 5.32 Å². The molecule has 0 fully saturated rings. The molecule has 0 amide bonds. The van der Waals surface area contributed by atoms with Crippen LogP contribution in [0, 0.1) is 11.3 Å². The summed E-state index contributed by atoms with van der Waals surface area (Å²) in [5.74, 6) is 0. The maximum absolute atomic E-state index is 12.6. The zero-order chi connectivity index (χ0) is 13.6. The quantitative estimate of drug-likeness (QED) is 0.819. The molecular weight excluding hydrogens is 241 g/mol. The monoisotopic (exact) mass is 256 g/mol. The molecule has 5 heteroatoms. The van der Waals surface area contributed by atoms with Gasteiger partial charge in [0.15, 0.2) is 0 Å². The van der Waals surface area contributed by atoms with E-state index in [1.807, 2.05) is 0 Å². The Hall–Kier alpha value is -1.54. The molecule has 0 aliphatic heterocycles. The highest BCUT2D eigenvalue weighted by molar-refractivity contribution is 5.42. The molecule has 1 N–H and O–H groups in total. The van der Waals surface area contributed by atoms with Crippen LogP contribution < -0.4 is 5.32 Å². The molecule has 98 valence electrons. The molecule has 0 saturated carbocycles. The topological polar surface area (TPSA) is 35.8 Å². The van der Waals surface area contributed by atoms with Crippen LogP contribution in [-0.2, 0) is 12.7 Å². The van der Waals surface area contributed by atoms with Gasteiger partial charge in [0.2, 0.25) is 0 Å². The van der Waals surface area contributed by atoms with Crippen molar-refractivity contribution in [3.05, 3.63) is 34.9 Å². The Labute approximate surface area is 104 Å². The van der Waals surface area contributed by atoms with Crippen molar-refractivity contribution in [1.82, 2.24) is 5.32 Å². The van der Waals surface area contributed by atoms with Crippen molar-refractivity contribution in [2.45, 2.75) is 32.5 Å². The van der Waals surface area contributed by atoms with E-state index >= 15 is 0 Å². The van der Waals surface area contributed by atoms with E-state index < -0.39 is 11.7 Å². The van der Waals surface area contributed by atoms with Gasteiger partial charge in [0.25, 0.3) is 0 Å². The van der Waals surface area contributed by atoms with Crippen LogP contribution in [0.2, 0.25) is 0 Å². The second kappa shape index (κ2) is 6.41. The number of halogens is 3. The summed E-state index contributed by atoms with van der Waals surface area (Å²) < 4.78 is 37.7. The molecule has 0 aromatic heterocycles. The zero-order valence-electron chi connectivity index (χ0n) is 10.1. The molecule has 1 rings (SSSR count). The average Bonchev–Trinajstić information content (AvgIpc) is 2.33. The minimum Gasteiger partial charge on any atom is -0.313 e. The standard InChI is InChI=1S/C13H15F3N2/c1-2-3-6-18-9-10-4-5-12(13(14,15)16)11(7-10)8-17/h4-5,7,18H,2-3,6,9H2,1H3. The van der Waals surface area contributed by atoms with Crippen LogP contribution in [0.4, 0.5) is 13.2 Å². The lowest BCUT2D eigenvalue weighted by molar-refractivity contribution is -0.137. The molecule has 0 saturated heterocycles. The first-order valence-corrected chi connectivity index (χ1v) is 5.80. The molecule has 0 heterocycles. The molecule has 0 aliphatic carbocycles. The fraction of sp³-hybridized carbons (Fsp3) is 0.462. The van der Waals surface area contributed by atoms with Gasteiger partial charge in [-0.3, -0.25) is 0 Å². The SMILES string of the molecule is CCCCNCc1ccc(C(F)(F)F)c(C#N)c1. The second-order valence-electron chi connectivity index (χ2n) is 4.02. The molecule has 1 aromatic carbocycles.